The van der Waals surface area contributed by atoms with E-state index in [0.717, 1.165) is 17.4 Å². The Labute approximate surface area is 123 Å². The normalized spacial score (nSPS) is 14.3. The van der Waals surface area contributed by atoms with Crippen LogP contribution in [0.4, 0.5) is 0 Å². The Morgan fingerprint density at radius 2 is 1.95 bits per heavy atom. The van der Waals surface area contributed by atoms with E-state index in [0.29, 0.717) is 12.1 Å². The average molecular weight is 322 g/mol. The molecule has 3 nitrogen and oxygen atoms in total. The van der Waals surface area contributed by atoms with Gasteiger partial charge in [0.15, 0.2) is 0 Å². The molecule has 0 aliphatic heterocycles. The second kappa shape index (κ2) is 6.87. The number of hydrogen-bond acceptors (Lipinski definition) is 2. The van der Waals surface area contributed by atoms with Crippen molar-refractivity contribution in [2.24, 2.45) is 0 Å². The molecule has 2 aromatic rings. The van der Waals surface area contributed by atoms with Crippen LogP contribution < -0.4 is 5.32 Å². The molecule has 1 N–H and O–H groups in total. The van der Waals surface area contributed by atoms with Crippen LogP contribution in [0.3, 0.4) is 0 Å². The molecule has 19 heavy (non-hydrogen) atoms. The van der Waals surface area contributed by atoms with Gasteiger partial charge in [-0.2, -0.15) is 0 Å². The Hall–Kier alpha value is -1.13. The number of rotatable bonds is 6. The van der Waals surface area contributed by atoms with Gasteiger partial charge in [0.1, 0.15) is 0 Å². The van der Waals surface area contributed by atoms with Gasteiger partial charge in [-0.25, -0.2) is 4.98 Å². The lowest BCUT2D eigenvalue weighted by Crippen LogP contribution is -2.38. The van der Waals surface area contributed by atoms with Gasteiger partial charge in [-0.05, 0) is 38.0 Å². The van der Waals surface area contributed by atoms with E-state index in [4.69, 9.17) is 0 Å². The third kappa shape index (κ3) is 4.80. The molecule has 0 saturated carbocycles. The van der Waals surface area contributed by atoms with Crippen molar-refractivity contribution in [3.8, 4) is 0 Å². The van der Waals surface area contributed by atoms with Crippen LogP contribution >= 0.6 is 15.9 Å². The fourth-order valence-corrected chi connectivity index (χ4v) is 2.55. The van der Waals surface area contributed by atoms with Gasteiger partial charge in [0.05, 0.1) is 6.33 Å². The minimum absolute atomic E-state index is 0.430. The van der Waals surface area contributed by atoms with E-state index < -0.39 is 0 Å². The molecule has 0 amide bonds. The number of aromatic nitrogens is 2. The summed E-state index contributed by atoms with van der Waals surface area (Å²) in [4.78, 5) is 4.06. The van der Waals surface area contributed by atoms with E-state index in [9.17, 15) is 0 Å². The highest BCUT2D eigenvalue weighted by Crippen LogP contribution is 2.12. The molecule has 1 aromatic carbocycles. The van der Waals surface area contributed by atoms with Crippen LogP contribution in [0.1, 0.15) is 19.4 Å². The van der Waals surface area contributed by atoms with E-state index in [1.54, 1.807) is 0 Å². The zero-order valence-corrected chi connectivity index (χ0v) is 13.0. The summed E-state index contributed by atoms with van der Waals surface area (Å²) in [5.74, 6) is 0. The van der Waals surface area contributed by atoms with Crippen LogP contribution in [0.5, 0.6) is 0 Å². The third-order valence-electron chi connectivity index (χ3n) is 3.07. The number of hydrogen-bond donors (Lipinski definition) is 1. The zero-order valence-electron chi connectivity index (χ0n) is 11.4. The predicted octanol–water partition coefficient (Wildman–Crippen LogP) is 3.25. The van der Waals surface area contributed by atoms with Gasteiger partial charge in [-0.1, -0.05) is 28.1 Å². The van der Waals surface area contributed by atoms with Crippen molar-refractivity contribution in [1.29, 1.82) is 0 Å². The molecule has 0 radical (unpaired) electrons. The molecule has 0 fully saturated rings. The Balaban J connectivity index is 1.80. The maximum absolute atomic E-state index is 4.06. The number of nitrogens with zero attached hydrogens (tertiary/aromatic N) is 2. The van der Waals surface area contributed by atoms with Crippen LogP contribution in [-0.2, 0) is 13.0 Å². The molecule has 2 unspecified atom stereocenters. The molecule has 2 atom stereocenters. The molecular weight excluding hydrogens is 302 g/mol. The molecule has 2 rings (SSSR count). The molecule has 0 saturated heterocycles. The molecule has 1 aromatic heterocycles. The quantitative estimate of drug-likeness (QED) is 0.885. The fraction of sp³-hybridized carbons (Fsp3) is 0.400. The number of imidazole rings is 1. The molecule has 0 aliphatic carbocycles. The van der Waals surface area contributed by atoms with Crippen LogP contribution in [0.25, 0.3) is 0 Å². The molecule has 102 valence electrons. The Bertz CT molecular complexity index is 479. The number of nitrogens with one attached hydrogen (secondary N) is 1. The van der Waals surface area contributed by atoms with Crippen LogP contribution in [0.15, 0.2) is 47.5 Å². The highest BCUT2D eigenvalue weighted by molar-refractivity contribution is 9.10. The minimum Gasteiger partial charge on any atom is -0.336 e. The van der Waals surface area contributed by atoms with Crippen molar-refractivity contribution >= 4 is 15.9 Å². The molecule has 4 heteroatoms. The molecule has 0 bridgehead atoms. The molecule has 1 heterocycles. The van der Waals surface area contributed by atoms with Gasteiger partial charge < -0.3 is 9.88 Å². The lowest BCUT2D eigenvalue weighted by Gasteiger charge is -2.20. The molecular formula is C15H20BrN3. The smallest absolute Gasteiger partial charge is 0.0946 e. The van der Waals surface area contributed by atoms with Crippen molar-refractivity contribution in [2.45, 2.75) is 38.9 Å². The third-order valence-corrected chi connectivity index (χ3v) is 3.60. The first kappa shape index (κ1) is 14.3. The van der Waals surface area contributed by atoms with Crippen molar-refractivity contribution in [2.75, 3.05) is 0 Å². The zero-order chi connectivity index (χ0) is 13.7. The predicted molar refractivity (Wildman–Crippen MR) is 82.1 cm³/mol. The van der Waals surface area contributed by atoms with Gasteiger partial charge >= 0.3 is 0 Å². The summed E-state index contributed by atoms with van der Waals surface area (Å²) in [7, 11) is 0. The minimum atomic E-state index is 0.430. The lowest BCUT2D eigenvalue weighted by atomic mass is 10.1. The maximum atomic E-state index is 4.06. The van der Waals surface area contributed by atoms with E-state index >= 15 is 0 Å². The maximum Gasteiger partial charge on any atom is 0.0946 e. The number of halogens is 1. The first-order chi connectivity index (χ1) is 9.13. The highest BCUT2D eigenvalue weighted by Gasteiger charge is 2.08. The average Bonchev–Trinajstić information content (AvgIpc) is 2.84. The van der Waals surface area contributed by atoms with Crippen molar-refractivity contribution < 1.29 is 0 Å². The van der Waals surface area contributed by atoms with Gasteiger partial charge in [0.25, 0.3) is 0 Å². The monoisotopic (exact) mass is 321 g/mol. The topological polar surface area (TPSA) is 29.9 Å². The van der Waals surface area contributed by atoms with Crippen LogP contribution in [0.2, 0.25) is 0 Å². The van der Waals surface area contributed by atoms with E-state index in [1.165, 1.54) is 5.56 Å². The van der Waals surface area contributed by atoms with E-state index in [-0.39, 0.29) is 0 Å². The van der Waals surface area contributed by atoms with Crippen molar-refractivity contribution in [3.05, 3.63) is 53.0 Å². The van der Waals surface area contributed by atoms with E-state index in [2.05, 4.69) is 68.9 Å². The van der Waals surface area contributed by atoms with Crippen LogP contribution in [0, 0.1) is 0 Å². The van der Waals surface area contributed by atoms with Crippen molar-refractivity contribution in [1.82, 2.24) is 14.9 Å². The summed E-state index contributed by atoms with van der Waals surface area (Å²) < 4.78 is 3.23. The van der Waals surface area contributed by atoms with Gasteiger partial charge in [0.2, 0.25) is 0 Å². The second-order valence-corrected chi connectivity index (χ2v) is 5.97. The largest absolute Gasteiger partial charge is 0.336 e. The van der Waals surface area contributed by atoms with Crippen molar-refractivity contribution in [3.63, 3.8) is 0 Å². The van der Waals surface area contributed by atoms with Gasteiger partial charge in [0, 0.05) is 35.5 Å². The summed E-state index contributed by atoms with van der Waals surface area (Å²) in [6, 6.07) is 9.42. The first-order valence-electron chi connectivity index (χ1n) is 6.59. The summed E-state index contributed by atoms with van der Waals surface area (Å²) in [6.07, 6.45) is 6.72. The second-order valence-electron chi connectivity index (χ2n) is 5.06. The number of benzene rings is 1. The lowest BCUT2D eigenvalue weighted by molar-refractivity contribution is 0.421. The highest BCUT2D eigenvalue weighted by atomic mass is 79.9. The fourth-order valence-electron chi connectivity index (χ4n) is 2.28. The summed E-state index contributed by atoms with van der Waals surface area (Å²) >= 11 is 3.46. The summed E-state index contributed by atoms with van der Waals surface area (Å²) in [5, 5.41) is 3.62. The van der Waals surface area contributed by atoms with Gasteiger partial charge in [-0.3, -0.25) is 0 Å². The summed E-state index contributed by atoms with van der Waals surface area (Å²) in [5.41, 5.74) is 1.36. The SMILES string of the molecule is CC(Cc1ccc(Br)cc1)NC(C)Cn1ccnc1. The standard InChI is InChI=1S/C15H20BrN3/c1-12(9-14-3-5-15(16)6-4-14)18-13(2)10-19-8-7-17-11-19/h3-8,11-13,18H,9-10H2,1-2H3. The van der Waals surface area contributed by atoms with Crippen LogP contribution in [-0.4, -0.2) is 21.6 Å². The van der Waals surface area contributed by atoms with Gasteiger partial charge in [-0.15, -0.1) is 0 Å². The summed E-state index contributed by atoms with van der Waals surface area (Å²) in [6.45, 7) is 5.38. The van der Waals surface area contributed by atoms with E-state index in [1.807, 2.05) is 18.7 Å². The Kier molecular flexibility index (Phi) is 5.16. The molecule has 0 spiro atoms. The molecule has 0 aliphatic rings. The first-order valence-corrected chi connectivity index (χ1v) is 7.39. The Morgan fingerprint density at radius 1 is 1.21 bits per heavy atom. The Morgan fingerprint density at radius 3 is 2.58 bits per heavy atom.